The molecule has 0 spiro atoms. The predicted octanol–water partition coefficient (Wildman–Crippen LogP) is 2.15. The van der Waals surface area contributed by atoms with Gasteiger partial charge in [-0.3, -0.25) is 0 Å². The van der Waals surface area contributed by atoms with Gasteiger partial charge in [0.05, 0.1) is 24.8 Å². The maximum Gasteiger partial charge on any atom is 0.221 e. The predicted molar refractivity (Wildman–Crippen MR) is 74.4 cm³/mol. The molecule has 2 atom stereocenters. The second kappa shape index (κ2) is 5.74. The summed E-state index contributed by atoms with van der Waals surface area (Å²) in [6.07, 6.45) is 5.80. The van der Waals surface area contributed by atoms with Gasteiger partial charge in [-0.05, 0) is 25.7 Å². The number of aromatic nitrogens is 2. The van der Waals surface area contributed by atoms with E-state index in [1.54, 1.807) is 7.11 Å². The molecule has 5 nitrogen and oxygen atoms in total. The van der Waals surface area contributed by atoms with Gasteiger partial charge in [0.1, 0.15) is 12.1 Å². The molecule has 1 aliphatic rings. The Morgan fingerprint density at radius 3 is 2.95 bits per heavy atom. The van der Waals surface area contributed by atoms with Crippen molar-refractivity contribution in [3.8, 4) is 5.88 Å². The number of ether oxygens (including phenoxy) is 1. The Morgan fingerprint density at radius 2 is 2.32 bits per heavy atom. The third-order valence-electron chi connectivity index (χ3n) is 4.01. The van der Waals surface area contributed by atoms with Gasteiger partial charge in [0.15, 0.2) is 0 Å². The van der Waals surface area contributed by atoms with Crippen molar-refractivity contribution in [2.45, 2.75) is 45.1 Å². The van der Waals surface area contributed by atoms with E-state index in [9.17, 15) is 5.11 Å². The van der Waals surface area contributed by atoms with Crippen molar-refractivity contribution in [2.24, 2.45) is 5.92 Å². The first-order valence-electron chi connectivity index (χ1n) is 6.85. The Labute approximate surface area is 114 Å². The van der Waals surface area contributed by atoms with Gasteiger partial charge in [-0.15, -0.1) is 0 Å². The van der Waals surface area contributed by atoms with Crippen LogP contribution in [-0.2, 0) is 0 Å². The lowest BCUT2D eigenvalue weighted by atomic mass is 9.77. The molecule has 1 aliphatic carbocycles. The molecule has 1 heterocycles. The van der Waals surface area contributed by atoms with E-state index in [4.69, 9.17) is 4.74 Å². The molecule has 5 heteroatoms. The topological polar surface area (TPSA) is 67.3 Å². The average Bonchev–Trinajstić information content (AvgIpc) is 2.41. The smallest absolute Gasteiger partial charge is 0.221 e. The molecule has 19 heavy (non-hydrogen) atoms. The molecule has 106 valence electrons. The Balaban J connectivity index is 2.23. The van der Waals surface area contributed by atoms with Gasteiger partial charge in [0, 0.05) is 0 Å². The molecule has 1 saturated carbocycles. The molecule has 0 aromatic carbocycles. The zero-order valence-corrected chi connectivity index (χ0v) is 11.9. The highest BCUT2D eigenvalue weighted by atomic mass is 16.5. The Kier molecular flexibility index (Phi) is 4.24. The number of aliphatic hydroxyl groups excluding tert-OH is 1. The summed E-state index contributed by atoms with van der Waals surface area (Å²) in [4.78, 5) is 8.36. The minimum atomic E-state index is -0.262. The van der Waals surface area contributed by atoms with Crippen LogP contribution in [0, 0.1) is 12.8 Å². The van der Waals surface area contributed by atoms with Crippen LogP contribution in [0.5, 0.6) is 5.88 Å². The molecule has 0 saturated heterocycles. The fourth-order valence-corrected chi connectivity index (χ4v) is 2.97. The standard InChI is InChI=1S/C14H23N3O2/c1-10-5-4-6-14(7-10,8-18)17-12-11(2)13(19-3)16-9-15-12/h9-10,18H,4-8H2,1-3H3,(H,15,16,17). The zero-order valence-electron chi connectivity index (χ0n) is 11.9. The number of hydrogen-bond acceptors (Lipinski definition) is 5. The van der Waals surface area contributed by atoms with Crippen LogP contribution in [0.15, 0.2) is 6.33 Å². The minimum absolute atomic E-state index is 0.128. The van der Waals surface area contributed by atoms with E-state index in [2.05, 4.69) is 22.2 Å². The lowest BCUT2D eigenvalue weighted by molar-refractivity contribution is 0.149. The lowest BCUT2D eigenvalue weighted by Crippen LogP contribution is -2.46. The maximum atomic E-state index is 9.80. The summed E-state index contributed by atoms with van der Waals surface area (Å²) < 4.78 is 5.21. The fourth-order valence-electron chi connectivity index (χ4n) is 2.97. The quantitative estimate of drug-likeness (QED) is 0.873. The third kappa shape index (κ3) is 2.97. The van der Waals surface area contributed by atoms with Crippen molar-refractivity contribution in [1.29, 1.82) is 0 Å². The number of aliphatic hydroxyl groups is 1. The third-order valence-corrected chi connectivity index (χ3v) is 4.01. The second-order valence-electron chi connectivity index (χ2n) is 5.62. The van der Waals surface area contributed by atoms with Crippen LogP contribution in [0.3, 0.4) is 0 Å². The van der Waals surface area contributed by atoms with E-state index in [-0.39, 0.29) is 12.1 Å². The van der Waals surface area contributed by atoms with E-state index in [0.29, 0.717) is 11.8 Å². The average molecular weight is 265 g/mol. The van der Waals surface area contributed by atoms with Crippen LogP contribution in [0.2, 0.25) is 0 Å². The number of rotatable bonds is 4. The van der Waals surface area contributed by atoms with Crippen molar-refractivity contribution < 1.29 is 9.84 Å². The molecule has 0 bridgehead atoms. The highest BCUT2D eigenvalue weighted by molar-refractivity contribution is 5.49. The molecule has 1 aromatic rings. The molecule has 2 rings (SSSR count). The summed E-state index contributed by atoms with van der Waals surface area (Å²) in [7, 11) is 1.60. The van der Waals surface area contributed by atoms with E-state index in [1.807, 2.05) is 6.92 Å². The lowest BCUT2D eigenvalue weighted by Gasteiger charge is -2.40. The molecule has 2 N–H and O–H groups in total. The van der Waals surface area contributed by atoms with Gasteiger partial charge in [-0.25, -0.2) is 9.97 Å². The number of anilines is 1. The highest BCUT2D eigenvalue weighted by Gasteiger charge is 2.35. The van der Waals surface area contributed by atoms with Gasteiger partial charge in [-0.1, -0.05) is 19.8 Å². The maximum absolute atomic E-state index is 9.80. The number of methoxy groups -OCH3 is 1. The van der Waals surface area contributed by atoms with Crippen molar-refractivity contribution >= 4 is 5.82 Å². The first kappa shape index (κ1) is 14.1. The summed E-state index contributed by atoms with van der Waals surface area (Å²) in [5, 5.41) is 13.2. The summed E-state index contributed by atoms with van der Waals surface area (Å²) in [6, 6.07) is 0. The number of hydrogen-bond donors (Lipinski definition) is 2. The van der Waals surface area contributed by atoms with Crippen molar-refractivity contribution in [1.82, 2.24) is 9.97 Å². The van der Waals surface area contributed by atoms with Crippen LogP contribution >= 0.6 is 0 Å². The van der Waals surface area contributed by atoms with Gasteiger partial charge < -0.3 is 15.2 Å². The van der Waals surface area contributed by atoms with Gasteiger partial charge in [-0.2, -0.15) is 0 Å². The normalized spacial score (nSPS) is 27.1. The Bertz CT molecular complexity index is 439. The van der Waals surface area contributed by atoms with Crippen LogP contribution in [0.1, 0.15) is 38.2 Å². The zero-order chi connectivity index (χ0) is 13.9. The molecular weight excluding hydrogens is 242 g/mol. The molecule has 0 aliphatic heterocycles. The van der Waals surface area contributed by atoms with Gasteiger partial charge in [0.2, 0.25) is 5.88 Å². The SMILES string of the molecule is COc1ncnc(NC2(CO)CCCC(C)C2)c1C. The summed E-state index contributed by atoms with van der Waals surface area (Å²) in [5.74, 6) is 1.96. The van der Waals surface area contributed by atoms with Gasteiger partial charge in [0.25, 0.3) is 0 Å². The van der Waals surface area contributed by atoms with Crippen molar-refractivity contribution in [2.75, 3.05) is 19.0 Å². The molecule has 0 amide bonds. The van der Waals surface area contributed by atoms with Crippen LogP contribution < -0.4 is 10.1 Å². The largest absolute Gasteiger partial charge is 0.481 e. The van der Waals surface area contributed by atoms with Crippen molar-refractivity contribution in [3.05, 3.63) is 11.9 Å². The van der Waals surface area contributed by atoms with E-state index in [0.717, 1.165) is 30.6 Å². The first-order chi connectivity index (χ1) is 9.10. The number of nitrogens with zero attached hydrogens (tertiary/aromatic N) is 2. The van der Waals surface area contributed by atoms with E-state index >= 15 is 0 Å². The van der Waals surface area contributed by atoms with Crippen LogP contribution in [0.25, 0.3) is 0 Å². The van der Waals surface area contributed by atoms with Gasteiger partial charge >= 0.3 is 0 Å². The Morgan fingerprint density at radius 1 is 1.53 bits per heavy atom. The fraction of sp³-hybridized carbons (Fsp3) is 0.714. The molecule has 0 radical (unpaired) electrons. The Hall–Kier alpha value is -1.36. The number of nitrogens with one attached hydrogen (secondary N) is 1. The first-order valence-corrected chi connectivity index (χ1v) is 6.85. The molecular formula is C14H23N3O2. The summed E-state index contributed by atoms with van der Waals surface area (Å²) in [5.41, 5.74) is 0.623. The monoisotopic (exact) mass is 265 g/mol. The van der Waals surface area contributed by atoms with Crippen LogP contribution in [0.4, 0.5) is 5.82 Å². The van der Waals surface area contributed by atoms with E-state index < -0.39 is 0 Å². The van der Waals surface area contributed by atoms with E-state index in [1.165, 1.54) is 12.7 Å². The van der Waals surface area contributed by atoms with Crippen LogP contribution in [-0.4, -0.2) is 34.3 Å². The summed E-state index contributed by atoms with van der Waals surface area (Å²) >= 11 is 0. The highest BCUT2D eigenvalue weighted by Crippen LogP contribution is 2.35. The minimum Gasteiger partial charge on any atom is -0.481 e. The molecule has 2 unspecified atom stereocenters. The second-order valence-corrected chi connectivity index (χ2v) is 5.62. The van der Waals surface area contributed by atoms with Crippen molar-refractivity contribution in [3.63, 3.8) is 0 Å². The molecule has 1 fully saturated rings. The molecule has 1 aromatic heterocycles. The summed E-state index contributed by atoms with van der Waals surface area (Å²) in [6.45, 7) is 4.29.